The number of anilines is 1. The van der Waals surface area contributed by atoms with Crippen molar-refractivity contribution >= 4 is 34.0 Å². The number of amides is 1. The van der Waals surface area contributed by atoms with E-state index in [9.17, 15) is 4.79 Å². The van der Waals surface area contributed by atoms with Crippen LogP contribution in [0.2, 0.25) is 0 Å². The van der Waals surface area contributed by atoms with Gasteiger partial charge in [-0.15, -0.1) is 22.9 Å². The number of alkyl halides is 1. The molecule has 0 spiro atoms. The lowest BCUT2D eigenvalue weighted by Gasteiger charge is -2.13. The first-order chi connectivity index (χ1) is 10.3. The topological polar surface area (TPSA) is 42.0 Å². The van der Waals surface area contributed by atoms with E-state index in [1.807, 2.05) is 5.38 Å². The number of thiazole rings is 1. The number of carbonyl (C=O) groups is 1. The van der Waals surface area contributed by atoms with Crippen LogP contribution < -0.4 is 5.32 Å². The fourth-order valence-corrected chi connectivity index (χ4v) is 4.48. The van der Waals surface area contributed by atoms with Gasteiger partial charge in [0.05, 0.1) is 11.6 Å². The molecular weight excluding hydrogens is 304 g/mol. The van der Waals surface area contributed by atoms with Crippen molar-refractivity contribution in [2.24, 2.45) is 11.8 Å². The third kappa shape index (κ3) is 2.27. The van der Waals surface area contributed by atoms with Crippen LogP contribution >= 0.6 is 22.9 Å². The molecule has 21 heavy (non-hydrogen) atoms. The molecule has 5 heteroatoms. The number of aryl methyl sites for hydroxylation is 1. The second-order valence-corrected chi connectivity index (χ2v) is 6.85. The fourth-order valence-electron chi connectivity index (χ4n) is 3.54. The van der Waals surface area contributed by atoms with Gasteiger partial charge < -0.3 is 5.32 Å². The summed E-state index contributed by atoms with van der Waals surface area (Å²) in [7, 11) is 0. The maximum Gasteiger partial charge on any atom is 0.230 e. The molecule has 0 saturated heterocycles. The van der Waals surface area contributed by atoms with Crippen LogP contribution in [0.15, 0.2) is 29.6 Å². The summed E-state index contributed by atoms with van der Waals surface area (Å²) in [6, 6.07) is 8.52. The average molecular weight is 319 g/mol. The second-order valence-electron chi connectivity index (χ2n) is 5.72. The highest BCUT2D eigenvalue weighted by Gasteiger charge is 2.57. The van der Waals surface area contributed by atoms with E-state index >= 15 is 0 Å². The third-order valence-corrected chi connectivity index (χ3v) is 5.63. The molecule has 0 bridgehead atoms. The van der Waals surface area contributed by atoms with Gasteiger partial charge in [-0.2, -0.15) is 0 Å². The van der Waals surface area contributed by atoms with Crippen molar-refractivity contribution in [3.05, 3.63) is 46.5 Å². The summed E-state index contributed by atoms with van der Waals surface area (Å²) in [5.74, 6) is 1.51. The third-order valence-electron chi connectivity index (χ3n) is 4.55. The Labute approximate surface area is 132 Å². The van der Waals surface area contributed by atoms with E-state index in [2.05, 4.69) is 34.6 Å². The molecule has 3 nitrogen and oxygen atoms in total. The van der Waals surface area contributed by atoms with Crippen LogP contribution in [0.4, 0.5) is 5.13 Å². The summed E-state index contributed by atoms with van der Waals surface area (Å²) >= 11 is 7.18. The summed E-state index contributed by atoms with van der Waals surface area (Å²) in [6.45, 7) is 0. The van der Waals surface area contributed by atoms with Gasteiger partial charge in [0.1, 0.15) is 0 Å². The summed E-state index contributed by atoms with van der Waals surface area (Å²) in [5.41, 5.74) is 3.60. The normalized spacial score (nSPS) is 25.9. The number of fused-ring (bicyclic) bond motifs is 3. The zero-order valence-electron chi connectivity index (χ0n) is 11.4. The molecule has 0 aliphatic heterocycles. The number of benzene rings is 1. The first-order valence-corrected chi connectivity index (χ1v) is 8.58. The number of rotatable bonds is 3. The SMILES string of the molecule is O=C(Nc1nc(CCl)cs1)C1C2CCc3ccccc3C21. The maximum atomic E-state index is 12.5. The molecule has 1 fully saturated rings. The summed E-state index contributed by atoms with van der Waals surface area (Å²) < 4.78 is 0. The Hall–Kier alpha value is -1.39. The summed E-state index contributed by atoms with van der Waals surface area (Å²) in [5, 5.41) is 5.50. The average Bonchev–Trinajstić information content (AvgIpc) is 3.10. The molecule has 2 aliphatic rings. The van der Waals surface area contributed by atoms with E-state index in [0.29, 0.717) is 22.8 Å². The van der Waals surface area contributed by atoms with Crippen LogP contribution in [-0.2, 0) is 17.1 Å². The van der Waals surface area contributed by atoms with E-state index in [0.717, 1.165) is 18.5 Å². The molecule has 2 aliphatic carbocycles. The van der Waals surface area contributed by atoms with E-state index in [1.54, 1.807) is 0 Å². The predicted octanol–water partition coefficient (Wildman–Crippen LogP) is 3.80. The second kappa shape index (κ2) is 5.11. The van der Waals surface area contributed by atoms with Crippen molar-refractivity contribution in [2.75, 3.05) is 5.32 Å². The molecule has 1 aromatic carbocycles. The number of hydrogen-bond acceptors (Lipinski definition) is 3. The first-order valence-electron chi connectivity index (χ1n) is 7.17. The minimum Gasteiger partial charge on any atom is -0.302 e. The van der Waals surface area contributed by atoms with Crippen LogP contribution in [-0.4, -0.2) is 10.9 Å². The van der Waals surface area contributed by atoms with Crippen molar-refractivity contribution in [2.45, 2.75) is 24.6 Å². The number of carbonyl (C=O) groups excluding carboxylic acids is 1. The van der Waals surface area contributed by atoms with E-state index in [-0.39, 0.29) is 11.8 Å². The molecule has 1 saturated carbocycles. The monoisotopic (exact) mass is 318 g/mol. The van der Waals surface area contributed by atoms with Crippen molar-refractivity contribution in [3.8, 4) is 0 Å². The zero-order chi connectivity index (χ0) is 14.4. The molecule has 1 amide bonds. The lowest BCUT2D eigenvalue weighted by atomic mass is 9.92. The molecule has 3 unspecified atom stereocenters. The van der Waals surface area contributed by atoms with Gasteiger partial charge in [0.15, 0.2) is 5.13 Å². The molecular formula is C16H15ClN2OS. The number of hydrogen-bond donors (Lipinski definition) is 1. The Morgan fingerprint density at radius 1 is 1.43 bits per heavy atom. The number of nitrogens with one attached hydrogen (secondary N) is 1. The van der Waals surface area contributed by atoms with Crippen molar-refractivity contribution in [3.63, 3.8) is 0 Å². The molecule has 1 heterocycles. The minimum atomic E-state index is 0.108. The van der Waals surface area contributed by atoms with Gasteiger partial charge in [-0.3, -0.25) is 4.79 Å². The predicted molar refractivity (Wildman–Crippen MR) is 84.8 cm³/mol. The van der Waals surface area contributed by atoms with Crippen molar-refractivity contribution in [1.82, 2.24) is 4.98 Å². The Morgan fingerprint density at radius 2 is 2.29 bits per heavy atom. The summed E-state index contributed by atoms with van der Waals surface area (Å²) in [4.78, 5) is 16.8. The Morgan fingerprint density at radius 3 is 3.10 bits per heavy atom. The number of halogens is 1. The molecule has 1 N–H and O–H groups in total. The zero-order valence-corrected chi connectivity index (χ0v) is 13.0. The van der Waals surface area contributed by atoms with Crippen LogP contribution in [0.25, 0.3) is 0 Å². The van der Waals surface area contributed by atoms with Gasteiger partial charge in [0.25, 0.3) is 0 Å². The highest BCUT2D eigenvalue weighted by molar-refractivity contribution is 7.14. The molecule has 4 rings (SSSR count). The largest absolute Gasteiger partial charge is 0.302 e. The van der Waals surface area contributed by atoms with E-state index in [1.165, 1.54) is 22.5 Å². The standard InChI is InChI=1S/C16H15ClN2OS/c17-7-10-8-21-16(18-10)19-15(20)14-12-6-5-9-3-1-2-4-11(9)13(12)14/h1-4,8,12-14H,5-7H2,(H,18,19,20). The van der Waals surface area contributed by atoms with E-state index in [4.69, 9.17) is 11.6 Å². The number of nitrogens with zero attached hydrogens (tertiary/aromatic N) is 1. The molecule has 2 aromatic rings. The minimum absolute atomic E-state index is 0.108. The Bertz CT molecular complexity index is 699. The van der Waals surface area contributed by atoms with Crippen LogP contribution in [0.3, 0.4) is 0 Å². The highest BCUT2D eigenvalue weighted by atomic mass is 35.5. The van der Waals surface area contributed by atoms with Gasteiger partial charge >= 0.3 is 0 Å². The summed E-state index contributed by atoms with van der Waals surface area (Å²) in [6.07, 6.45) is 2.21. The van der Waals surface area contributed by atoms with Gasteiger partial charge in [0.2, 0.25) is 5.91 Å². The Balaban J connectivity index is 1.50. The maximum absolute atomic E-state index is 12.5. The van der Waals surface area contributed by atoms with Gasteiger partial charge in [-0.05, 0) is 35.8 Å². The number of aromatic nitrogens is 1. The van der Waals surface area contributed by atoms with Crippen molar-refractivity contribution in [1.29, 1.82) is 0 Å². The molecule has 3 atom stereocenters. The van der Waals surface area contributed by atoms with Gasteiger partial charge in [0, 0.05) is 11.3 Å². The van der Waals surface area contributed by atoms with Gasteiger partial charge in [-0.25, -0.2) is 4.98 Å². The fraction of sp³-hybridized carbons (Fsp3) is 0.375. The van der Waals surface area contributed by atoms with Crippen LogP contribution in [0.1, 0.15) is 29.2 Å². The molecule has 1 aromatic heterocycles. The smallest absolute Gasteiger partial charge is 0.230 e. The molecule has 0 radical (unpaired) electrons. The first kappa shape index (κ1) is 13.3. The lowest BCUT2D eigenvalue weighted by Crippen LogP contribution is -2.15. The quantitative estimate of drug-likeness (QED) is 0.875. The molecule has 108 valence electrons. The highest BCUT2D eigenvalue weighted by Crippen LogP contribution is 2.60. The van der Waals surface area contributed by atoms with Crippen LogP contribution in [0.5, 0.6) is 0 Å². The van der Waals surface area contributed by atoms with E-state index < -0.39 is 0 Å². The van der Waals surface area contributed by atoms with Crippen molar-refractivity contribution < 1.29 is 4.79 Å². The van der Waals surface area contributed by atoms with Gasteiger partial charge in [-0.1, -0.05) is 24.3 Å². The Kier molecular flexibility index (Phi) is 3.23. The van der Waals surface area contributed by atoms with Crippen LogP contribution in [0, 0.1) is 11.8 Å². The lowest BCUT2D eigenvalue weighted by molar-refractivity contribution is -0.117.